The zero-order valence-corrected chi connectivity index (χ0v) is 9.67. The predicted molar refractivity (Wildman–Crippen MR) is 71.4 cm³/mol. The molecule has 1 aliphatic rings. The summed E-state index contributed by atoms with van der Waals surface area (Å²) in [7, 11) is 0. The molecule has 0 unspecified atom stereocenters. The predicted octanol–water partition coefficient (Wildman–Crippen LogP) is 3.07. The fourth-order valence-electron chi connectivity index (χ4n) is 3.07. The molecule has 2 atom stereocenters. The van der Waals surface area contributed by atoms with Crippen molar-refractivity contribution >= 4 is 21.5 Å². The lowest BCUT2D eigenvalue weighted by Gasteiger charge is -2.11. The van der Waals surface area contributed by atoms with Crippen LogP contribution in [0.15, 0.2) is 48.5 Å². The second-order valence-electron chi connectivity index (χ2n) is 4.85. The van der Waals surface area contributed by atoms with Crippen LogP contribution < -0.4 is 0 Å². The monoisotopic (exact) mass is 236 g/mol. The van der Waals surface area contributed by atoms with E-state index in [1.807, 2.05) is 42.5 Å². The van der Waals surface area contributed by atoms with Gasteiger partial charge in [0.1, 0.15) is 12.2 Å². The number of rotatable bonds is 0. The molecule has 1 aliphatic carbocycles. The summed E-state index contributed by atoms with van der Waals surface area (Å²) in [6, 6.07) is 16.0. The van der Waals surface area contributed by atoms with Gasteiger partial charge in [-0.05, 0) is 38.7 Å². The van der Waals surface area contributed by atoms with Crippen LogP contribution >= 0.6 is 0 Å². The number of aliphatic hydroxyl groups excluding tert-OH is 2. The lowest BCUT2D eigenvalue weighted by Crippen LogP contribution is -2.02. The van der Waals surface area contributed by atoms with E-state index in [1.165, 1.54) is 0 Å². The van der Waals surface area contributed by atoms with Crippen molar-refractivity contribution in [2.75, 3.05) is 0 Å². The molecule has 0 aromatic heterocycles. The molecule has 0 bridgehead atoms. The van der Waals surface area contributed by atoms with Gasteiger partial charge in [0.2, 0.25) is 0 Å². The van der Waals surface area contributed by atoms with Crippen LogP contribution in [0.1, 0.15) is 23.3 Å². The van der Waals surface area contributed by atoms with Crippen molar-refractivity contribution in [3.63, 3.8) is 0 Å². The summed E-state index contributed by atoms with van der Waals surface area (Å²) in [5.74, 6) is 0. The first kappa shape index (κ1) is 10.1. The van der Waals surface area contributed by atoms with Gasteiger partial charge in [-0.15, -0.1) is 0 Å². The fourth-order valence-corrected chi connectivity index (χ4v) is 3.07. The molecule has 0 heterocycles. The van der Waals surface area contributed by atoms with Crippen LogP contribution in [0.5, 0.6) is 0 Å². The summed E-state index contributed by atoms with van der Waals surface area (Å²) in [6.07, 6.45) is -1.63. The first-order chi connectivity index (χ1) is 8.77. The minimum atomic E-state index is -0.823. The molecule has 0 aliphatic heterocycles. The highest BCUT2D eigenvalue weighted by atomic mass is 16.3. The number of hydrogen-bond donors (Lipinski definition) is 2. The Hall–Kier alpha value is -1.90. The normalized spacial score (nSPS) is 21.9. The van der Waals surface area contributed by atoms with Crippen molar-refractivity contribution in [3.05, 3.63) is 59.7 Å². The average Bonchev–Trinajstić information content (AvgIpc) is 2.66. The molecule has 2 heteroatoms. The summed E-state index contributed by atoms with van der Waals surface area (Å²) in [4.78, 5) is 0. The van der Waals surface area contributed by atoms with Crippen LogP contribution in [-0.2, 0) is 0 Å². The highest BCUT2D eigenvalue weighted by molar-refractivity contribution is 6.05. The van der Waals surface area contributed by atoms with Crippen LogP contribution in [0.3, 0.4) is 0 Å². The van der Waals surface area contributed by atoms with E-state index >= 15 is 0 Å². The van der Waals surface area contributed by atoms with E-state index in [9.17, 15) is 10.2 Å². The molecule has 0 saturated heterocycles. The van der Waals surface area contributed by atoms with Crippen molar-refractivity contribution < 1.29 is 10.2 Å². The minimum Gasteiger partial charge on any atom is -0.385 e. The fraction of sp³-hybridized carbons (Fsp3) is 0.125. The number of benzene rings is 3. The van der Waals surface area contributed by atoms with Crippen molar-refractivity contribution in [2.24, 2.45) is 0 Å². The molecule has 3 aromatic rings. The Morgan fingerprint density at radius 2 is 1.56 bits per heavy atom. The zero-order valence-electron chi connectivity index (χ0n) is 9.67. The SMILES string of the molecule is O[C@@H]1c2cccc3cc4ccccc4c(c23)[C@H]1O. The third-order valence-electron chi connectivity index (χ3n) is 3.87. The Balaban J connectivity index is 2.30. The molecule has 0 fully saturated rings. The van der Waals surface area contributed by atoms with Gasteiger partial charge in [0, 0.05) is 0 Å². The Morgan fingerprint density at radius 1 is 0.778 bits per heavy atom. The Bertz CT molecular complexity index is 776. The van der Waals surface area contributed by atoms with Gasteiger partial charge in [-0.2, -0.15) is 0 Å². The van der Waals surface area contributed by atoms with E-state index in [0.717, 1.165) is 32.7 Å². The van der Waals surface area contributed by atoms with Gasteiger partial charge in [-0.3, -0.25) is 0 Å². The van der Waals surface area contributed by atoms with Crippen molar-refractivity contribution in [1.82, 2.24) is 0 Å². The van der Waals surface area contributed by atoms with Crippen LogP contribution in [0, 0.1) is 0 Å². The average molecular weight is 236 g/mol. The summed E-state index contributed by atoms with van der Waals surface area (Å²) >= 11 is 0. The third-order valence-corrected chi connectivity index (χ3v) is 3.87. The molecule has 88 valence electrons. The zero-order chi connectivity index (χ0) is 12.3. The van der Waals surface area contributed by atoms with E-state index in [1.54, 1.807) is 0 Å². The third kappa shape index (κ3) is 1.09. The molecule has 0 amide bonds. The van der Waals surface area contributed by atoms with Crippen LogP contribution in [-0.4, -0.2) is 10.2 Å². The second kappa shape index (κ2) is 3.31. The Morgan fingerprint density at radius 3 is 2.44 bits per heavy atom. The molecule has 4 rings (SSSR count). The summed E-state index contributed by atoms with van der Waals surface area (Å²) in [5, 5.41) is 24.6. The molecular formula is C16H12O2. The van der Waals surface area contributed by atoms with Crippen molar-refractivity contribution in [3.8, 4) is 0 Å². The van der Waals surface area contributed by atoms with E-state index in [4.69, 9.17) is 0 Å². The maximum Gasteiger partial charge on any atom is 0.110 e. The standard InChI is InChI=1S/C16H12O2/c17-15-12-7-3-5-10-8-9-4-1-2-6-11(9)14(13(10)12)16(15)18/h1-8,15-18H/t15-,16-/m1/s1. The van der Waals surface area contributed by atoms with Gasteiger partial charge in [0.15, 0.2) is 0 Å². The van der Waals surface area contributed by atoms with Crippen molar-refractivity contribution in [1.29, 1.82) is 0 Å². The Labute approximate surface area is 104 Å². The highest BCUT2D eigenvalue weighted by Crippen LogP contribution is 2.47. The largest absolute Gasteiger partial charge is 0.385 e. The summed E-state index contributed by atoms with van der Waals surface area (Å²) < 4.78 is 0. The maximum atomic E-state index is 10.3. The quantitative estimate of drug-likeness (QED) is 0.589. The van der Waals surface area contributed by atoms with Gasteiger partial charge in [-0.1, -0.05) is 42.5 Å². The van der Waals surface area contributed by atoms with Gasteiger partial charge in [0.05, 0.1) is 0 Å². The van der Waals surface area contributed by atoms with Gasteiger partial charge < -0.3 is 10.2 Å². The number of fused-ring (bicyclic) bond motifs is 2. The van der Waals surface area contributed by atoms with Crippen LogP contribution in [0.25, 0.3) is 21.5 Å². The molecule has 0 saturated carbocycles. The second-order valence-corrected chi connectivity index (χ2v) is 4.85. The van der Waals surface area contributed by atoms with E-state index < -0.39 is 12.2 Å². The molecular weight excluding hydrogens is 224 g/mol. The molecule has 2 N–H and O–H groups in total. The van der Waals surface area contributed by atoms with E-state index in [-0.39, 0.29) is 0 Å². The topological polar surface area (TPSA) is 40.5 Å². The smallest absolute Gasteiger partial charge is 0.110 e. The lowest BCUT2D eigenvalue weighted by atomic mass is 9.97. The van der Waals surface area contributed by atoms with E-state index in [2.05, 4.69) is 6.07 Å². The molecule has 18 heavy (non-hydrogen) atoms. The first-order valence-electron chi connectivity index (χ1n) is 6.08. The maximum absolute atomic E-state index is 10.3. The van der Waals surface area contributed by atoms with Crippen molar-refractivity contribution in [2.45, 2.75) is 12.2 Å². The first-order valence-corrected chi connectivity index (χ1v) is 6.08. The van der Waals surface area contributed by atoms with Gasteiger partial charge in [0.25, 0.3) is 0 Å². The van der Waals surface area contributed by atoms with Gasteiger partial charge in [-0.25, -0.2) is 0 Å². The highest BCUT2D eigenvalue weighted by Gasteiger charge is 2.32. The lowest BCUT2D eigenvalue weighted by molar-refractivity contribution is 0.0261. The summed E-state index contributed by atoms with van der Waals surface area (Å²) in [5.41, 5.74) is 1.70. The summed E-state index contributed by atoms with van der Waals surface area (Å²) in [6.45, 7) is 0. The molecule has 0 radical (unpaired) electrons. The molecule has 2 nitrogen and oxygen atoms in total. The minimum absolute atomic E-state index is 0.811. The molecule has 0 spiro atoms. The molecule has 3 aromatic carbocycles. The van der Waals surface area contributed by atoms with E-state index in [0.29, 0.717) is 0 Å². The number of hydrogen-bond acceptors (Lipinski definition) is 2. The number of aliphatic hydroxyl groups is 2. The Kier molecular flexibility index (Phi) is 1.85. The van der Waals surface area contributed by atoms with Crippen LogP contribution in [0.2, 0.25) is 0 Å². The van der Waals surface area contributed by atoms with Gasteiger partial charge >= 0.3 is 0 Å². The van der Waals surface area contributed by atoms with Crippen LogP contribution in [0.4, 0.5) is 0 Å².